The Hall–Kier alpha value is -3.16. The number of carbonyl (C=O) groups is 2. The Bertz CT molecular complexity index is 1400. The number of nitrogens with one attached hydrogen (secondary N) is 2. The lowest BCUT2D eigenvalue weighted by Gasteiger charge is -2.48. The van der Waals surface area contributed by atoms with E-state index in [4.69, 9.17) is 15.9 Å². The van der Waals surface area contributed by atoms with Crippen LogP contribution in [0.1, 0.15) is 120 Å². The van der Waals surface area contributed by atoms with Crippen LogP contribution in [-0.2, 0) is 9.59 Å². The molecule has 1 saturated carbocycles. The number of hydrogen-bond acceptors (Lipinski definition) is 5. The van der Waals surface area contributed by atoms with Crippen LogP contribution in [0.3, 0.4) is 0 Å². The number of amidine groups is 1. The average Bonchev–Trinajstić information content (AvgIpc) is 3.26. The van der Waals surface area contributed by atoms with Crippen molar-refractivity contribution in [2.24, 2.45) is 38.2 Å². The highest BCUT2D eigenvalue weighted by atomic mass is 16.2. The molecule has 0 bridgehead atoms. The largest absolute Gasteiger partial charge is 0.334 e. The van der Waals surface area contributed by atoms with Crippen molar-refractivity contribution in [2.45, 2.75) is 132 Å². The summed E-state index contributed by atoms with van der Waals surface area (Å²) in [5, 5.41) is 10.9. The predicted molar refractivity (Wildman–Crippen MR) is 192 cm³/mol. The van der Waals surface area contributed by atoms with E-state index in [-0.39, 0.29) is 46.5 Å². The molecule has 1 fully saturated rings. The lowest BCUT2D eigenvalue weighted by Crippen LogP contribution is -2.55. The molecular formula is C39H60N6O2. The van der Waals surface area contributed by atoms with Gasteiger partial charge in [-0.2, -0.15) is 0 Å². The molecule has 2 atom stereocenters. The summed E-state index contributed by atoms with van der Waals surface area (Å²) in [6, 6.07) is -0.106. The molecule has 2 N–H and O–H groups in total. The molecule has 1 spiro atoms. The minimum atomic E-state index is -0.562. The first kappa shape index (κ1) is 36.7. The van der Waals surface area contributed by atoms with Crippen LogP contribution in [0.4, 0.5) is 0 Å². The van der Waals surface area contributed by atoms with E-state index < -0.39 is 5.66 Å². The van der Waals surface area contributed by atoms with Crippen LogP contribution in [0.2, 0.25) is 0 Å². The molecule has 0 aromatic carbocycles. The number of aliphatic imine (C=N–C) groups is 1. The number of allylic oxidation sites excluding steroid dienone is 5. The van der Waals surface area contributed by atoms with Gasteiger partial charge < -0.3 is 9.80 Å². The molecule has 47 heavy (non-hydrogen) atoms. The van der Waals surface area contributed by atoms with E-state index in [1.54, 1.807) is 7.05 Å². The van der Waals surface area contributed by atoms with Crippen LogP contribution < -0.4 is 0 Å². The van der Waals surface area contributed by atoms with Gasteiger partial charge in [0.05, 0.1) is 12.6 Å². The van der Waals surface area contributed by atoms with Crippen molar-refractivity contribution in [2.75, 3.05) is 13.6 Å². The summed E-state index contributed by atoms with van der Waals surface area (Å²) in [6.45, 7) is 20.6. The van der Waals surface area contributed by atoms with Crippen molar-refractivity contribution in [3.05, 3.63) is 47.1 Å². The number of carbonyl (C=O) groups excluding carboxylic acids is 2. The first-order valence-corrected chi connectivity index (χ1v) is 17.7. The summed E-state index contributed by atoms with van der Waals surface area (Å²) in [7, 11) is 1.64. The molecule has 258 valence electrons. The molecule has 2 amide bonds. The molecule has 1 aliphatic heterocycles. The lowest BCUT2D eigenvalue weighted by atomic mass is 9.69. The Morgan fingerprint density at radius 1 is 1.06 bits per heavy atom. The SMILES string of the molecule is CN(CC(=N)N=N)C(=O)C1=CC=C([C@@H](CCC(C)(C)C)N2C(=O)C(C3=CCC(C(C)(C)C)C=C3)=NC23CCC(C(C)(C)C)CC3)CC1. The normalized spacial score (nSPS) is 26.0. The zero-order chi connectivity index (χ0) is 34.9. The van der Waals surface area contributed by atoms with Gasteiger partial charge in [0.1, 0.15) is 11.4 Å². The van der Waals surface area contributed by atoms with Gasteiger partial charge in [0.15, 0.2) is 5.84 Å². The maximum Gasteiger partial charge on any atom is 0.275 e. The smallest absolute Gasteiger partial charge is 0.275 e. The second-order valence-corrected chi connectivity index (χ2v) is 17.8. The van der Waals surface area contributed by atoms with Crippen LogP contribution >= 0.6 is 0 Å². The second-order valence-electron chi connectivity index (χ2n) is 17.8. The third-order valence-electron chi connectivity index (χ3n) is 10.9. The van der Waals surface area contributed by atoms with Crippen molar-refractivity contribution in [3.8, 4) is 0 Å². The van der Waals surface area contributed by atoms with Gasteiger partial charge in [-0.25, -0.2) is 5.53 Å². The van der Waals surface area contributed by atoms with E-state index >= 15 is 0 Å². The van der Waals surface area contributed by atoms with Crippen LogP contribution in [0, 0.1) is 39.0 Å². The molecule has 0 radical (unpaired) electrons. The van der Waals surface area contributed by atoms with Crippen LogP contribution in [-0.4, -0.2) is 58.5 Å². The third kappa shape index (κ3) is 8.47. The van der Waals surface area contributed by atoms with Crippen molar-refractivity contribution in [1.29, 1.82) is 10.9 Å². The number of likely N-dealkylation sites (N-methyl/N-ethyl adjacent to an activating group) is 1. The fourth-order valence-corrected chi connectivity index (χ4v) is 7.71. The van der Waals surface area contributed by atoms with Gasteiger partial charge in [0, 0.05) is 18.2 Å². The fraction of sp³-hybridized carbons (Fsp3) is 0.692. The van der Waals surface area contributed by atoms with Crippen LogP contribution in [0.15, 0.2) is 57.2 Å². The van der Waals surface area contributed by atoms with Gasteiger partial charge in [-0.15, -0.1) is 5.11 Å². The molecule has 4 aliphatic rings. The predicted octanol–water partition coefficient (Wildman–Crippen LogP) is 9.06. The number of rotatable bonds is 8. The number of nitrogens with zero attached hydrogens (tertiary/aromatic N) is 4. The highest BCUT2D eigenvalue weighted by molar-refractivity contribution is 6.47. The standard InChI is InChI=1S/C39H60N6O2/c1-36(2,3)22-21-31(26-11-13-28(14-12-26)34(46)44(10)25-32(40)43-41)45-35(47)33(27-15-17-29(18-16-27)37(4,5)6)42-39(45)23-19-30(20-24-39)38(7,8)9/h11,13,15-17,29-31,40-41H,12,14,18-25H2,1-10H3/t29?,30?,31-,39?/m1/s1. The fourth-order valence-electron chi connectivity index (χ4n) is 7.71. The summed E-state index contributed by atoms with van der Waals surface area (Å²) in [5.41, 5.74) is 10.4. The lowest BCUT2D eigenvalue weighted by molar-refractivity contribution is -0.132. The van der Waals surface area contributed by atoms with E-state index in [9.17, 15) is 9.59 Å². The highest BCUT2D eigenvalue weighted by Crippen LogP contribution is 2.49. The summed E-state index contributed by atoms with van der Waals surface area (Å²) in [4.78, 5) is 37.1. The van der Waals surface area contributed by atoms with E-state index in [0.29, 0.717) is 36.0 Å². The minimum absolute atomic E-state index is 0.00568. The van der Waals surface area contributed by atoms with Crippen molar-refractivity contribution >= 4 is 23.4 Å². The molecule has 0 saturated heterocycles. The second kappa shape index (κ2) is 13.8. The average molecular weight is 645 g/mol. The number of hydrogen-bond donors (Lipinski definition) is 2. The zero-order valence-corrected chi connectivity index (χ0v) is 30.8. The summed E-state index contributed by atoms with van der Waals surface area (Å²) in [5.74, 6) is 0.766. The molecule has 0 aromatic rings. The Balaban J connectivity index is 1.72. The first-order chi connectivity index (χ1) is 21.8. The van der Waals surface area contributed by atoms with E-state index in [1.807, 2.05) is 6.08 Å². The molecular weight excluding hydrogens is 584 g/mol. The van der Waals surface area contributed by atoms with Crippen molar-refractivity contribution < 1.29 is 9.59 Å². The monoisotopic (exact) mass is 644 g/mol. The highest BCUT2D eigenvalue weighted by Gasteiger charge is 2.53. The Morgan fingerprint density at radius 3 is 2.21 bits per heavy atom. The molecule has 8 nitrogen and oxygen atoms in total. The quantitative estimate of drug-likeness (QED) is 0.156. The van der Waals surface area contributed by atoms with E-state index in [0.717, 1.165) is 50.5 Å². The first-order valence-electron chi connectivity index (χ1n) is 17.7. The molecule has 1 heterocycles. The van der Waals surface area contributed by atoms with Gasteiger partial charge in [-0.3, -0.25) is 20.0 Å². The van der Waals surface area contributed by atoms with Gasteiger partial charge in [0.2, 0.25) is 5.91 Å². The topological polar surface area (TPSA) is 113 Å². The van der Waals surface area contributed by atoms with E-state index in [2.05, 4.69) is 96.6 Å². The van der Waals surface area contributed by atoms with Gasteiger partial charge in [0.25, 0.3) is 5.91 Å². The van der Waals surface area contributed by atoms with Crippen molar-refractivity contribution in [1.82, 2.24) is 9.80 Å². The molecule has 4 rings (SSSR count). The zero-order valence-electron chi connectivity index (χ0n) is 30.8. The maximum atomic E-state index is 14.8. The third-order valence-corrected chi connectivity index (χ3v) is 10.9. The van der Waals surface area contributed by atoms with Gasteiger partial charge in [-0.1, -0.05) is 92.7 Å². The Labute approximate surface area is 283 Å². The number of amides is 2. The van der Waals surface area contributed by atoms with Crippen LogP contribution in [0.5, 0.6) is 0 Å². The van der Waals surface area contributed by atoms with Crippen LogP contribution in [0.25, 0.3) is 0 Å². The Kier molecular flexibility index (Phi) is 10.7. The summed E-state index contributed by atoms with van der Waals surface area (Å²) >= 11 is 0. The summed E-state index contributed by atoms with van der Waals surface area (Å²) in [6.07, 6.45) is 18.4. The van der Waals surface area contributed by atoms with E-state index in [1.165, 1.54) is 10.5 Å². The van der Waals surface area contributed by atoms with Crippen molar-refractivity contribution in [3.63, 3.8) is 0 Å². The Morgan fingerprint density at radius 2 is 1.72 bits per heavy atom. The van der Waals surface area contributed by atoms with Gasteiger partial charge >= 0.3 is 0 Å². The molecule has 1 unspecified atom stereocenters. The molecule has 3 aliphatic carbocycles. The summed E-state index contributed by atoms with van der Waals surface area (Å²) < 4.78 is 0. The maximum absolute atomic E-state index is 14.8. The molecule has 8 heteroatoms. The minimum Gasteiger partial charge on any atom is -0.334 e. The molecule has 0 aromatic heterocycles. The van der Waals surface area contributed by atoms with Gasteiger partial charge in [-0.05, 0) is 91.4 Å².